The smallest absolute Gasteiger partial charge is 0.242 e. The molecule has 1 saturated heterocycles. The van der Waals surface area contributed by atoms with Crippen LogP contribution in [0.5, 0.6) is 5.75 Å². The number of methoxy groups -OCH3 is 1. The Morgan fingerprint density at radius 2 is 2.10 bits per heavy atom. The van der Waals surface area contributed by atoms with E-state index in [0.717, 1.165) is 16.8 Å². The van der Waals surface area contributed by atoms with E-state index < -0.39 is 5.25 Å². The number of nitrogens with one attached hydrogen (secondary N) is 1. The van der Waals surface area contributed by atoms with E-state index in [2.05, 4.69) is 18.0 Å². The van der Waals surface area contributed by atoms with E-state index in [1.54, 1.807) is 42.4 Å². The fraction of sp³-hybridized carbons (Fsp3) is 0.261. The molecule has 1 N–H and O–H groups in total. The second kappa shape index (κ2) is 9.63. The number of carbonyl (C=O) groups excluding carboxylic acids is 2. The maximum absolute atomic E-state index is 12.9. The number of carbonyl (C=O) groups is 2. The van der Waals surface area contributed by atoms with Gasteiger partial charge in [-0.1, -0.05) is 41.6 Å². The number of aliphatic imine (C=N–C) groups is 1. The quantitative estimate of drug-likeness (QED) is 0.668. The number of amidine groups is 1. The van der Waals surface area contributed by atoms with E-state index in [1.807, 2.05) is 26.0 Å². The van der Waals surface area contributed by atoms with Crippen LogP contribution in [-0.2, 0) is 9.59 Å². The van der Waals surface area contributed by atoms with Crippen molar-refractivity contribution in [1.29, 1.82) is 0 Å². The zero-order valence-electron chi connectivity index (χ0n) is 17.3. The molecule has 0 bridgehead atoms. The van der Waals surface area contributed by atoms with Gasteiger partial charge in [0.2, 0.25) is 11.8 Å². The molecule has 0 radical (unpaired) electrons. The molecule has 0 aromatic heterocycles. The fourth-order valence-electron chi connectivity index (χ4n) is 3.14. The summed E-state index contributed by atoms with van der Waals surface area (Å²) in [5, 5.41) is 2.89. The monoisotopic (exact) mass is 423 g/mol. The highest BCUT2D eigenvalue weighted by molar-refractivity contribution is 8.15. The third kappa shape index (κ3) is 5.10. The number of thioether (sulfide) groups is 1. The number of aryl methyl sites for hydroxylation is 2. The average Bonchev–Trinajstić information content (AvgIpc) is 2.99. The van der Waals surface area contributed by atoms with Crippen molar-refractivity contribution < 1.29 is 14.3 Å². The summed E-state index contributed by atoms with van der Waals surface area (Å²) in [7, 11) is 1.57. The van der Waals surface area contributed by atoms with Crippen molar-refractivity contribution in [2.75, 3.05) is 19.0 Å². The van der Waals surface area contributed by atoms with Crippen molar-refractivity contribution in [3.05, 3.63) is 66.2 Å². The minimum Gasteiger partial charge on any atom is -0.497 e. The lowest BCUT2D eigenvalue weighted by molar-refractivity contribution is -0.127. The lowest BCUT2D eigenvalue weighted by Crippen LogP contribution is -2.33. The van der Waals surface area contributed by atoms with E-state index in [9.17, 15) is 9.59 Å². The topological polar surface area (TPSA) is 71.0 Å². The largest absolute Gasteiger partial charge is 0.497 e. The van der Waals surface area contributed by atoms with E-state index >= 15 is 0 Å². The molecule has 1 aliphatic heterocycles. The Hall–Kier alpha value is -3.06. The highest BCUT2D eigenvalue weighted by atomic mass is 32.2. The second-order valence-corrected chi connectivity index (χ2v) is 8.18. The minimum atomic E-state index is -0.528. The van der Waals surface area contributed by atoms with Gasteiger partial charge in [0.15, 0.2) is 5.17 Å². The number of benzene rings is 2. The fourth-order valence-corrected chi connectivity index (χ4v) is 4.30. The first-order chi connectivity index (χ1) is 14.4. The summed E-state index contributed by atoms with van der Waals surface area (Å²) < 4.78 is 5.17. The van der Waals surface area contributed by atoms with Crippen molar-refractivity contribution in [2.24, 2.45) is 4.99 Å². The van der Waals surface area contributed by atoms with Gasteiger partial charge in [0.1, 0.15) is 11.0 Å². The Bertz CT molecular complexity index is 1000. The molecule has 0 unspecified atom stereocenters. The first kappa shape index (κ1) is 21.6. The third-order valence-electron chi connectivity index (χ3n) is 4.62. The number of nitrogens with zero attached hydrogens (tertiary/aromatic N) is 2. The summed E-state index contributed by atoms with van der Waals surface area (Å²) in [5.74, 6) is 0.281. The summed E-state index contributed by atoms with van der Waals surface area (Å²) in [5.41, 5.74) is 3.63. The molecule has 6 nitrogen and oxygen atoms in total. The summed E-state index contributed by atoms with van der Waals surface area (Å²) in [6, 6.07) is 13.1. The van der Waals surface area contributed by atoms with Crippen molar-refractivity contribution in [3.63, 3.8) is 0 Å². The Kier molecular flexibility index (Phi) is 6.95. The molecule has 1 heterocycles. The molecule has 30 heavy (non-hydrogen) atoms. The Balaban J connectivity index is 1.75. The number of amides is 2. The van der Waals surface area contributed by atoms with E-state index in [4.69, 9.17) is 9.73 Å². The van der Waals surface area contributed by atoms with Crippen LogP contribution in [-0.4, -0.2) is 40.8 Å². The highest BCUT2D eigenvalue weighted by Gasteiger charge is 2.38. The molecular weight excluding hydrogens is 398 g/mol. The summed E-state index contributed by atoms with van der Waals surface area (Å²) in [4.78, 5) is 31.7. The van der Waals surface area contributed by atoms with Gasteiger partial charge in [-0.25, -0.2) is 4.99 Å². The summed E-state index contributed by atoms with van der Waals surface area (Å²) in [6.45, 7) is 8.11. The lowest BCUT2D eigenvalue weighted by atomic mass is 10.1. The van der Waals surface area contributed by atoms with Crippen LogP contribution < -0.4 is 10.1 Å². The maximum atomic E-state index is 12.9. The molecule has 0 aliphatic carbocycles. The predicted octanol–water partition coefficient (Wildman–Crippen LogP) is 4.46. The van der Waals surface area contributed by atoms with Crippen LogP contribution in [0.25, 0.3) is 0 Å². The molecule has 0 saturated carbocycles. The Labute approximate surface area is 181 Å². The Morgan fingerprint density at radius 1 is 1.30 bits per heavy atom. The number of hydrogen-bond acceptors (Lipinski definition) is 5. The summed E-state index contributed by atoms with van der Waals surface area (Å²) in [6.07, 6.45) is 1.72. The summed E-state index contributed by atoms with van der Waals surface area (Å²) >= 11 is 1.31. The standard InChI is InChI=1S/C23H25N3O3S/c1-5-11-26-22(28)20(14-21(27)24-17-7-6-8-18(13-17)29-4)30-23(26)25-19-10-9-15(2)12-16(19)3/h5-10,12-13,20H,1,11,14H2,2-4H3,(H,24,27)/t20-/m1/s1. The molecule has 1 fully saturated rings. The van der Waals surface area contributed by atoms with Crippen LogP contribution in [0.2, 0.25) is 0 Å². The minimum absolute atomic E-state index is 0.0558. The van der Waals surface area contributed by atoms with E-state index in [1.165, 1.54) is 11.8 Å². The molecule has 2 aromatic rings. The molecule has 3 rings (SSSR count). The van der Waals surface area contributed by atoms with Gasteiger partial charge in [0.25, 0.3) is 0 Å². The zero-order chi connectivity index (χ0) is 21.7. The number of rotatable bonds is 7. The van der Waals surface area contributed by atoms with Gasteiger partial charge in [-0.3, -0.25) is 14.5 Å². The maximum Gasteiger partial charge on any atom is 0.242 e. The predicted molar refractivity (Wildman–Crippen MR) is 123 cm³/mol. The van der Waals surface area contributed by atoms with Gasteiger partial charge in [-0.15, -0.1) is 6.58 Å². The van der Waals surface area contributed by atoms with Gasteiger partial charge in [-0.2, -0.15) is 0 Å². The van der Waals surface area contributed by atoms with Crippen molar-refractivity contribution >= 4 is 40.1 Å². The molecule has 2 aromatic carbocycles. The molecule has 156 valence electrons. The van der Waals surface area contributed by atoms with Gasteiger partial charge in [0.05, 0.1) is 12.8 Å². The number of anilines is 1. The normalized spacial score (nSPS) is 17.3. The number of hydrogen-bond donors (Lipinski definition) is 1. The van der Waals surface area contributed by atoms with Crippen LogP contribution >= 0.6 is 11.8 Å². The molecule has 7 heteroatoms. The van der Waals surface area contributed by atoms with Gasteiger partial charge < -0.3 is 10.1 Å². The zero-order valence-corrected chi connectivity index (χ0v) is 18.2. The van der Waals surface area contributed by atoms with Crippen LogP contribution in [0.1, 0.15) is 17.5 Å². The van der Waals surface area contributed by atoms with Gasteiger partial charge in [0, 0.05) is 24.7 Å². The molecule has 1 atom stereocenters. The van der Waals surface area contributed by atoms with Gasteiger partial charge in [-0.05, 0) is 37.6 Å². The molecular formula is C23H25N3O3S. The molecule has 0 spiro atoms. The van der Waals surface area contributed by atoms with Crippen LogP contribution in [0.15, 0.2) is 60.1 Å². The first-order valence-corrected chi connectivity index (χ1v) is 10.5. The highest BCUT2D eigenvalue weighted by Crippen LogP contribution is 2.33. The van der Waals surface area contributed by atoms with Crippen LogP contribution in [0.3, 0.4) is 0 Å². The SMILES string of the molecule is C=CCN1C(=O)[C@@H](CC(=O)Nc2cccc(OC)c2)SC1=Nc1ccc(C)cc1C. The van der Waals surface area contributed by atoms with Crippen molar-refractivity contribution in [1.82, 2.24) is 4.90 Å². The molecule has 2 amide bonds. The second-order valence-electron chi connectivity index (χ2n) is 7.01. The van der Waals surface area contributed by atoms with Crippen LogP contribution in [0.4, 0.5) is 11.4 Å². The van der Waals surface area contributed by atoms with Gasteiger partial charge >= 0.3 is 0 Å². The first-order valence-electron chi connectivity index (χ1n) is 9.60. The van der Waals surface area contributed by atoms with Crippen molar-refractivity contribution in [3.8, 4) is 5.75 Å². The van der Waals surface area contributed by atoms with Crippen LogP contribution in [0, 0.1) is 13.8 Å². The number of ether oxygens (including phenoxy) is 1. The van der Waals surface area contributed by atoms with Crippen molar-refractivity contribution in [2.45, 2.75) is 25.5 Å². The lowest BCUT2D eigenvalue weighted by Gasteiger charge is -2.14. The Morgan fingerprint density at radius 3 is 2.80 bits per heavy atom. The van der Waals surface area contributed by atoms with E-state index in [-0.39, 0.29) is 18.2 Å². The van der Waals surface area contributed by atoms with E-state index in [0.29, 0.717) is 23.1 Å². The molecule has 1 aliphatic rings. The third-order valence-corrected chi connectivity index (χ3v) is 5.80. The average molecular weight is 424 g/mol.